The van der Waals surface area contributed by atoms with Gasteiger partial charge in [0.05, 0.1) is 34.2 Å². The van der Waals surface area contributed by atoms with Gasteiger partial charge in [0.2, 0.25) is 0 Å². The molecule has 1 aliphatic rings. The lowest BCUT2D eigenvalue weighted by molar-refractivity contribution is -0.204. The molecule has 0 atom stereocenters. The Morgan fingerprint density at radius 3 is 2.39 bits per heavy atom. The van der Waals surface area contributed by atoms with Crippen LogP contribution in [-0.4, -0.2) is 43.8 Å². The van der Waals surface area contributed by atoms with E-state index < -0.39 is 15.3 Å². The lowest BCUT2D eigenvalue weighted by atomic mass is 9.97. The molecule has 1 aromatic heterocycles. The molecule has 0 spiro atoms. The zero-order valence-corrected chi connectivity index (χ0v) is 20.1. The summed E-state index contributed by atoms with van der Waals surface area (Å²) in [7, 11) is -3.18. The molecule has 0 radical (unpaired) electrons. The van der Waals surface area contributed by atoms with Crippen molar-refractivity contribution in [1.29, 1.82) is 0 Å². The number of rotatable bonds is 7. The minimum absolute atomic E-state index is 0.203. The fourth-order valence-corrected chi connectivity index (χ4v) is 4.74. The molecule has 2 aromatic rings. The molecule has 0 saturated carbocycles. The molecule has 0 bridgehead atoms. The number of ether oxygens (including phenoxy) is 1. The van der Waals surface area contributed by atoms with Gasteiger partial charge in [-0.1, -0.05) is 12.1 Å². The smallest absolute Gasteiger partial charge is 0.330 e. The van der Waals surface area contributed by atoms with Crippen LogP contribution in [0.4, 0.5) is 0 Å². The Labute approximate surface area is 188 Å². The highest BCUT2D eigenvalue weighted by Gasteiger charge is 2.29. The number of aromatic nitrogens is 1. The molecule has 1 aliphatic heterocycles. The van der Waals surface area contributed by atoms with Crippen LogP contribution >= 0.6 is 11.3 Å². The Kier molecular flexibility index (Phi) is 7.51. The number of piperidine rings is 1. The van der Waals surface area contributed by atoms with E-state index in [2.05, 4.69) is 0 Å². The molecule has 31 heavy (non-hydrogen) atoms. The van der Waals surface area contributed by atoms with E-state index in [9.17, 15) is 13.2 Å². The van der Waals surface area contributed by atoms with Crippen LogP contribution in [0.2, 0.25) is 0 Å². The summed E-state index contributed by atoms with van der Waals surface area (Å²) in [6.45, 7) is 7.79. The van der Waals surface area contributed by atoms with Crippen LogP contribution in [0.3, 0.4) is 0 Å². The topological polar surface area (TPSA) is 85.8 Å². The van der Waals surface area contributed by atoms with Gasteiger partial charge in [-0.3, -0.25) is 0 Å². The number of nitrogens with zero attached hydrogens (tertiary/aromatic N) is 2. The van der Waals surface area contributed by atoms with E-state index in [1.165, 1.54) is 6.26 Å². The van der Waals surface area contributed by atoms with E-state index in [0.29, 0.717) is 37.1 Å². The molecule has 1 fully saturated rings. The third kappa shape index (κ3) is 6.83. The molecule has 3 rings (SSSR count). The van der Waals surface area contributed by atoms with Crippen molar-refractivity contribution >= 4 is 27.1 Å². The zero-order valence-electron chi connectivity index (χ0n) is 18.5. The van der Waals surface area contributed by atoms with Crippen molar-refractivity contribution in [2.45, 2.75) is 57.6 Å². The lowest BCUT2D eigenvalue weighted by Gasteiger charge is -2.31. The van der Waals surface area contributed by atoms with Gasteiger partial charge < -0.3 is 9.57 Å². The highest BCUT2D eigenvalue weighted by Crippen LogP contribution is 2.31. The Hall–Kier alpha value is -1.81. The largest absolute Gasteiger partial charge is 0.370 e. The summed E-state index contributed by atoms with van der Waals surface area (Å²) in [6, 6.07) is 6.73. The third-order valence-corrected chi connectivity index (χ3v) is 7.25. The van der Waals surface area contributed by atoms with Gasteiger partial charge in [0.25, 0.3) is 0 Å². The predicted molar refractivity (Wildman–Crippen MR) is 119 cm³/mol. The summed E-state index contributed by atoms with van der Waals surface area (Å²) < 4.78 is 28.8. The van der Waals surface area contributed by atoms with E-state index >= 15 is 0 Å². The fraction of sp³-hybridized carbons (Fsp3) is 0.545. The molecule has 9 heteroatoms. The maximum atomic E-state index is 12.0. The molecule has 170 valence electrons. The van der Waals surface area contributed by atoms with Crippen molar-refractivity contribution in [3.8, 4) is 0 Å². The van der Waals surface area contributed by atoms with E-state index in [-0.39, 0.29) is 5.97 Å². The third-order valence-electron chi connectivity index (χ3n) is 5.07. The molecular formula is C22H30N2O5S2. The normalized spacial score (nSPS) is 16.4. The van der Waals surface area contributed by atoms with E-state index in [0.717, 1.165) is 29.1 Å². The van der Waals surface area contributed by atoms with Crippen LogP contribution in [0, 0.1) is 5.41 Å². The molecule has 1 aromatic carbocycles. The highest BCUT2D eigenvalue weighted by molar-refractivity contribution is 7.90. The quantitative estimate of drug-likeness (QED) is 0.611. The number of benzene rings is 1. The number of carbonyl (C=O) groups is 1. The minimum atomic E-state index is -3.18. The minimum Gasteiger partial charge on any atom is -0.370 e. The average Bonchev–Trinajstić information content (AvgIpc) is 3.16. The molecule has 0 N–H and O–H groups in total. The molecule has 2 heterocycles. The van der Waals surface area contributed by atoms with Gasteiger partial charge in [-0.05, 0) is 51.3 Å². The van der Waals surface area contributed by atoms with E-state index in [4.69, 9.17) is 14.6 Å². The summed E-state index contributed by atoms with van der Waals surface area (Å²) in [5, 5.41) is 4.88. The Morgan fingerprint density at radius 2 is 1.81 bits per heavy atom. The lowest BCUT2D eigenvalue weighted by Crippen LogP contribution is -2.38. The van der Waals surface area contributed by atoms with Gasteiger partial charge in [0, 0.05) is 30.6 Å². The van der Waals surface area contributed by atoms with Crippen molar-refractivity contribution in [3.05, 3.63) is 45.9 Å². The summed E-state index contributed by atoms with van der Waals surface area (Å²) in [4.78, 5) is 22.6. The van der Waals surface area contributed by atoms with Gasteiger partial charge in [0.1, 0.15) is 0 Å². The number of sulfone groups is 1. The maximum Gasteiger partial charge on any atom is 0.330 e. The van der Waals surface area contributed by atoms with Crippen LogP contribution in [0.15, 0.2) is 34.5 Å². The SMILES string of the molecule is CC(C)(C)C(=O)ON1CCC(c2nc(COCc3ccc(S(C)(=O)=O)cc3)cs2)CC1. The zero-order chi connectivity index (χ0) is 22.6. The van der Waals surface area contributed by atoms with Gasteiger partial charge >= 0.3 is 5.97 Å². The second kappa shape index (κ2) is 9.77. The number of hydrogen-bond acceptors (Lipinski definition) is 8. The van der Waals surface area contributed by atoms with Crippen molar-refractivity contribution in [3.63, 3.8) is 0 Å². The highest BCUT2D eigenvalue weighted by atomic mass is 32.2. The summed E-state index contributed by atoms with van der Waals surface area (Å²) >= 11 is 1.64. The van der Waals surface area contributed by atoms with E-state index in [1.54, 1.807) is 40.7 Å². The Balaban J connectivity index is 1.44. The fourth-order valence-electron chi connectivity index (χ4n) is 3.13. The maximum absolute atomic E-state index is 12.0. The molecule has 0 aliphatic carbocycles. The van der Waals surface area contributed by atoms with Crippen molar-refractivity contribution < 1.29 is 22.8 Å². The van der Waals surface area contributed by atoms with Crippen LogP contribution < -0.4 is 0 Å². The average molecular weight is 467 g/mol. The molecule has 1 saturated heterocycles. The molecule has 0 amide bonds. The first-order valence-electron chi connectivity index (χ1n) is 10.3. The molecule has 0 unspecified atom stereocenters. The van der Waals surface area contributed by atoms with E-state index in [1.807, 2.05) is 26.2 Å². The number of hydrogen-bond donors (Lipinski definition) is 0. The number of hydroxylamine groups is 2. The summed E-state index contributed by atoms with van der Waals surface area (Å²) in [5.41, 5.74) is 1.31. The Bertz CT molecular complexity index is 986. The Morgan fingerprint density at radius 1 is 1.16 bits per heavy atom. The van der Waals surface area contributed by atoms with Crippen molar-refractivity contribution in [2.75, 3.05) is 19.3 Å². The van der Waals surface area contributed by atoms with Crippen LogP contribution in [-0.2, 0) is 37.4 Å². The van der Waals surface area contributed by atoms with Crippen molar-refractivity contribution in [1.82, 2.24) is 10.0 Å². The monoisotopic (exact) mass is 466 g/mol. The summed E-state index contributed by atoms with van der Waals surface area (Å²) in [5.74, 6) is 0.164. The van der Waals surface area contributed by atoms with Crippen LogP contribution in [0.1, 0.15) is 55.8 Å². The first kappa shape index (κ1) is 23.8. The first-order chi connectivity index (χ1) is 14.5. The summed E-state index contributed by atoms with van der Waals surface area (Å²) in [6.07, 6.45) is 3.00. The number of thiazole rings is 1. The van der Waals surface area contributed by atoms with Crippen LogP contribution in [0.5, 0.6) is 0 Å². The second-order valence-corrected chi connectivity index (χ2v) is 11.8. The second-order valence-electron chi connectivity index (χ2n) is 8.92. The van der Waals surface area contributed by atoms with Gasteiger partial charge in [0.15, 0.2) is 9.84 Å². The van der Waals surface area contributed by atoms with Gasteiger partial charge in [-0.15, -0.1) is 16.4 Å². The predicted octanol–water partition coefficient (Wildman–Crippen LogP) is 3.95. The molecule has 7 nitrogen and oxygen atoms in total. The van der Waals surface area contributed by atoms with Gasteiger partial charge in [-0.2, -0.15) is 0 Å². The number of carbonyl (C=O) groups excluding carboxylic acids is 1. The standard InChI is InChI=1S/C22H30N2O5S2/c1-22(2,3)21(25)29-24-11-9-17(10-12-24)20-23-18(15-30-20)14-28-13-16-5-7-19(8-6-16)31(4,26)27/h5-8,15,17H,9-14H2,1-4H3. The first-order valence-corrected chi connectivity index (χ1v) is 13.1. The van der Waals surface area contributed by atoms with Gasteiger partial charge in [-0.25, -0.2) is 18.2 Å². The van der Waals surface area contributed by atoms with Crippen molar-refractivity contribution in [2.24, 2.45) is 5.41 Å². The molecular weight excluding hydrogens is 436 g/mol. The van der Waals surface area contributed by atoms with Crippen LogP contribution in [0.25, 0.3) is 0 Å².